The summed E-state index contributed by atoms with van der Waals surface area (Å²) in [5, 5.41) is 11.4. The molecule has 1 N–H and O–H groups in total. The van der Waals surface area contributed by atoms with Crippen LogP contribution in [0.3, 0.4) is 0 Å². The van der Waals surface area contributed by atoms with Crippen LogP contribution in [0, 0.1) is 13.8 Å². The second kappa shape index (κ2) is 10.0. The average molecular weight is 511 g/mol. The number of aromatic nitrogens is 1. The fourth-order valence-corrected chi connectivity index (χ4v) is 5.74. The van der Waals surface area contributed by atoms with E-state index in [-0.39, 0.29) is 5.57 Å². The lowest BCUT2D eigenvalue weighted by molar-refractivity contribution is -0.117. The predicted octanol–water partition coefficient (Wildman–Crippen LogP) is 6.49. The van der Waals surface area contributed by atoms with Gasteiger partial charge < -0.3 is 9.84 Å². The van der Waals surface area contributed by atoms with Crippen LogP contribution in [-0.4, -0.2) is 28.4 Å². The van der Waals surface area contributed by atoms with Crippen molar-refractivity contribution < 1.29 is 19.4 Å². The van der Waals surface area contributed by atoms with Crippen LogP contribution < -0.4 is 9.64 Å². The molecule has 0 saturated carbocycles. The van der Waals surface area contributed by atoms with E-state index in [4.69, 9.17) is 9.72 Å². The first kappa shape index (κ1) is 24.5. The minimum Gasteiger partial charge on any atom is -0.503 e. The number of hydrogen-bond donors (Lipinski definition) is 1. The summed E-state index contributed by atoms with van der Waals surface area (Å²) in [7, 11) is 0. The van der Waals surface area contributed by atoms with Crippen LogP contribution >= 0.6 is 11.3 Å². The lowest BCUT2D eigenvalue weighted by Crippen LogP contribution is -2.30. The number of thiazole rings is 1. The number of carbonyl (C=O) groups excluding carboxylic acids is 2. The highest BCUT2D eigenvalue weighted by atomic mass is 32.1. The van der Waals surface area contributed by atoms with Gasteiger partial charge in [-0.1, -0.05) is 65.9 Å². The summed E-state index contributed by atoms with van der Waals surface area (Å²) in [4.78, 5) is 33.1. The van der Waals surface area contributed by atoms with Gasteiger partial charge in [-0.25, -0.2) is 4.98 Å². The first-order valence-electron chi connectivity index (χ1n) is 12.0. The minimum absolute atomic E-state index is 0.0218. The van der Waals surface area contributed by atoms with Crippen molar-refractivity contribution in [3.8, 4) is 5.75 Å². The normalized spacial score (nSPS) is 15.8. The lowest BCUT2D eigenvalue weighted by Gasteiger charge is -2.24. The Labute approximate surface area is 219 Å². The number of benzene rings is 3. The van der Waals surface area contributed by atoms with Crippen molar-refractivity contribution in [3.05, 3.63) is 106 Å². The third-order valence-corrected chi connectivity index (χ3v) is 7.23. The van der Waals surface area contributed by atoms with Gasteiger partial charge in [0.25, 0.3) is 5.91 Å². The molecular formula is C30H26N2O4S. The van der Waals surface area contributed by atoms with Crippen molar-refractivity contribution >= 4 is 44.5 Å². The molecule has 1 aliphatic heterocycles. The molecular weight excluding hydrogens is 484 g/mol. The molecule has 0 bridgehead atoms. The molecule has 1 unspecified atom stereocenters. The molecule has 2 heterocycles. The van der Waals surface area contributed by atoms with Gasteiger partial charge in [0.1, 0.15) is 5.75 Å². The molecule has 37 heavy (non-hydrogen) atoms. The van der Waals surface area contributed by atoms with E-state index in [1.165, 1.54) is 22.3 Å². The van der Waals surface area contributed by atoms with Crippen molar-refractivity contribution in [2.45, 2.75) is 26.8 Å². The summed E-state index contributed by atoms with van der Waals surface area (Å²) in [6.07, 6.45) is 3.07. The third kappa shape index (κ3) is 4.66. The zero-order chi connectivity index (χ0) is 26.1. The second-order valence-electron chi connectivity index (χ2n) is 8.88. The number of rotatable bonds is 7. The van der Waals surface area contributed by atoms with E-state index in [0.717, 1.165) is 26.9 Å². The van der Waals surface area contributed by atoms with Crippen LogP contribution in [0.2, 0.25) is 0 Å². The largest absolute Gasteiger partial charge is 0.503 e. The Kier molecular flexibility index (Phi) is 6.63. The summed E-state index contributed by atoms with van der Waals surface area (Å²) >= 11 is 1.36. The van der Waals surface area contributed by atoms with Gasteiger partial charge in [0.2, 0.25) is 0 Å². The van der Waals surface area contributed by atoms with Gasteiger partial charge in [-0.2, -0.15) is 0 Å². The van der Waals surface area contributed by atoms with E-state index in [9.17, 15) is 14.7 Å². The van der Waals surface area contributed by atoms with E-state index in [0.29, 0.717) is 23.1 Å². The van der Waals surface area contributed by atoms with Crippen LogP contribution in [0.4, 0.5) is 5.13 Å². The second-order valence-corrected chi connectivity index (χ2v) is 9.88. The number of ether oxygens (including phenoxy) is 1. The van der Waals surface area contributed by atoms with Crippen molar-refractivity contribution in [2.75, 3.05) is 11.5 Å². The Bertz CT molecular complexity index is 1550. The van der Waals surface area contributed by atoms with Crippen molar-refractivity contribution in [1.29, 1.82) is 0 Å². The summed E-state index contributed by atoms with van der Waals surface area (Å²) in [5.74, 6) is -0.972. The maximum absolute atomic E-state index is 13.5. The van der Waals surface area contributed by atoms with E-state index in [2.05, 4.69) is 0 Å². The molecule has 7 heteroatoms. The minimum atomic E-state index is -0.835. The maximum atomic E-state index is 13.5. The number of nitrogens with zero attached hydrogens (tertiary/aromatic N) is 2. The molecule has 1 aliphatic rings. The Balaban J connectivity index is 1.61. The fourth-order valence-electron chi connectivity index (χ4n) is 4.57. The van der Waals surface area contributed by atoms with Gasteiger partial charge in [0.15, 0.2) is 16.7 Å². The van der Waals surface area contributed by atoms with Gasteiger partial charge in [-0.15, -0.1) is 0 Å². The zero-order valence-electron chi connectivity index (χ0n) is 20.8. The van der Waals surface area contributed by atoms with Crippen LogP contribution in [-0.2, 0) is 9.59 Å². The number of allylic oxidation sites excluding steroid dienone is 1. The van der Waals surface area contributed by atoms with Crippen LogP contribution in [0.1, 0.15) is 35.2 Å². The topological polar surface area (TPSA) is 79.7 Å². The van der Waals surface area contributed by atoms with Crippen LogP contribution in [0.25, 0.3) is 16.3 Å². The van der Waals surface area contributed by atoms with Crippen LogP contribution in [0.15, 0.2) is 84.1 Å². The molecule has 0 fully saturated rings. The van der Waals surface area contributed by atoms with Gasteiger partial charge >= 0.3 is 0 Å². The summed E-state index contributed by atoms with van der Waals surface area (Å²) in [6.45, 7) is 6.41. The van der Waals surface area contributed by atoms with Gasteiger partial charge in [-0.05, 0) is 67.3 Å². The monoisotopic (exact) mass is 510 g/mol. The molecule has 4 aromatic rings. The number of aliphatic hydroxyl groups excluding tert-OH is 1. The third-order valence-electron chi connectivity index (χ3n) is 6.23. The molecule has 1 amide bonds. The standard InChI is InChI=1S/C30H26N2O4S/c1-4-36-22-13-11-21(12-14-22)27-25(23(33)15-10-20-8-6-5-7-9-20)28(34)29(35)32(27)30-31-26-19(3)16-18(2)17-24(26)37-30/h5-17,27,34H,4H2,1-3H3/b15-10+. The number of amides is 1. The Hall–Kier alpha value is -4.23. The van der Waals surface area contributed by atoms with E-state index >= 15 is 0 Å². The molecule has 3 aromatic carbocycles. The van der Waals surface area contributed by atoms with E-state index in [1.807, 2.05) is 75.4 Å². The molecule has 6 nitrogen and oxygen atoms in total. The fraction of sp³-hybridized carbons (Fsp3) is 0.167. The Morgan fingerprint density at radius 3 is 2.54 bits per heavy atom. The summed E-state index contributed by atoms with van der Waals surface area (Å²) in [6, 6.07) is 19.8. The number of fused-ring (bicyclic) bond motifs is 1. The van der Waals surface area contributed by atoms with Gasteiger partial charge in [-0.3, -0.25) is 14.5 Å². The number of aryl methyl sites for hydroxylation is 2. The van der Waals surface area contributed by atoms with Crippen molar-refractivity contribution in [2.24, 2.45) is 0 Å². The molecule has 0 spiro atoms. The smallest absolute Gasteiger partial charge is 0.296 e. The molecule has 0 radical (unpaired) electrons. The maximum Gasteiger partial charge on any atom is 0.296 e. The van der Waals surface area contributed by atoms with E-state index in [1.54, 1.807) is 18.2 Å². The molecule has 0 aliphatic carbocycles. The van der Waals surface area contributed by atoms with Gasteiger partial charge in [0.05, 0.1) is 28.4 Å². The quantitative estimate of drug-likeness (QED) is 0.287. The van der Waals surface area contributed by atoms with E-state index < -0.39 is 23.5 Å². The van der Waals surface area contributed by atoms with Crippen LogP contribution in [0.5, 0.6) is 5.75 Å². The van der Waals surface area contributed by atoms with Crippen molar-refractivity contribution in [3.63, 3.8) is 0 Å². The SMILES string of the molecule is CCOc1ccc(C2C(C(=O)/C=C/c3ccccc3)=C(O)C(=O)N2c2nc3c(C)cc(C)cc3s2)cc1. The highest BCUT2D eigenvalue weighted by Gasteiger charge is 2.45. The number of anilines is 1. The predicted molar refractivity (Wildman–Crippen MR) is 147 cm³/mol. The first-order chi connectivity index (χ1) is 17.9. The zero-order valence-corrected chi connectivity index (χ0v) is 21.6. The number of hydrogen-bond acceptors (Lipinski definition) is 6. The Morgan fingerprint density at radius 1 is 1.11 bits per heavy atom. The molecule has 5 rings (SSSR count). The molecule has 0 saturated heterocycles. The lowest BCUT2D eigenvalue weighted by atomic mass is 9.95. The number of aliphatic hydroxyl groups is 1. The Morgan fingerprint density at radius 2 is 1.84 bits per heavy atom. The van der Waals surface area contributed by atoms with Crippen molar-refractivity contribution in [1.82, 2.24) is 4.98 Å². The summed E-state index contributed by atoms with van der Waals surface area (Å²) < 4.78 is 6.51. The average Bonchev–Trinajstić information content (AvgIpc) is 3.42. The number of ketones is 1. The summed E-state index contributed by atoms with van der Waals surface area (Å²) in [5.41, 5.74) is 4.43. The first-order valence-corrected chi connectivity index (χ1v) is 12.8. The number of carbonyl (C=O) groups is 2. The molecule has 1 atom stereocenters. The van der Waals surface area contributed by atoms with Gasteiger partial charge in [0, 0.05) is 0 Å². The highest BCUT2D eigenvalue weighted by Crippen LogP contribution is 2.44. The highest BCUT2D eigenvalue weighted by molar-refractivity contribution is 7.22. The molecule has 186 valence electrons. The molecule has 1 aromatic heterocycles.